The first-order chi connectivity index (χ1) is 20.3. The summed E-state index contributed by atoms with van der Waals surface area (Å²) < 4.78 is 56.7. The second-order valence-electron chi connectivity index (χ2n) is 9.12. The summed E-state index contributed by atoms with van der Waals surface area (Å²) in [5.41, 5.74) is 2.25. The van der Waals surface area contributed by atoms with Crippen LogP contribution in [-0.2, 0) is 16.6 Å². The van der Waals surface area contributed by atoms with Crippen molar-refractivity contribution in [2.75, 3.05) is 33.3 Å². The maximum atomic E-state index is 13.0. The third-order valence-electron chi connectivity index (χ3n) is 6.63. The molecule has 42 heavy (non-hydrogen) atoms. The topological polar surface area (TPSA) is 113 Å². The molecule has 1 aliphatic heterocycles. The van der Waals surface area contributed by atoms with Crippen LogP contribution in [0.2, 0.25) is 0 Å². The highest BCUT2D eigenvalue weighted by molar-refractivity contribution is 7.90. The predicted octanol–water partition coefficient (Wildman–Crippen LogP) is 5.10. The number of esters is 1. The molecule has 11 heteroatoms. The lowest BCUT2D eigenvalue weighted by molar-refractivity contribution is 0.0734. The molecule has 1 heterocycles. The highest BCUT2D eigenvalue weighted by Crippen LogP contribution is 2.38. The Labute approximate surface area is 243 Å². The molecule has 0 aromatic heterocycles. The molecule has 0 bridgehead atoms. The molecular weight excluding hydrogens is 560 g/mol. The summed E-state index contributed by atoms with van der Waals surface area (Å²) in [6.45, 7) is 0.317. The van der Waals surface area contributed by atoms with Gasteiger partial charge in [-0.2, -0.15) is 8.42 Å². The lowest BCUT2D eigenvalue weighted by Gasteiger charge is -2.25. The number of anilines is 1. The SMILES string of the molecule is COc1ccc(CN(C2=NS(=O)(=O)c3ccccc32)c2ccc(OC(=O)c3cc(OC)c(OC)c(OC)c3)cc2)cc1. The fourth-order valence-electron chi connectivity index (χ4n) is 4.54. The Morgan fingerprint density at radius 3 is 1.98 bits per heavy atom. The second kappa shape index (κ2) is 11.8. The fraction of sp³-hybridized carbons (Fsp3) is 0.161. The Morgan fingerprint density at radius 2 is 1.38 bits per heavy atom. The van der Waals surface area contributed by atoms with Gasteiger partial charge in [-0.1, -0.05) is 24.3 Å². The van der Waals surface area contributed by atoms with E-state index in [0.717, 1.165) is 5.56 Å². The summed E-state index contributed by atoms with van der Waals surface area (Å²) in [4.78, 5) is 14.9. The van der Waals surface area contributed by atoms with Gasteiger partial charge in [-0.3, -0.25) is 0 Å². The van der Waals surface area contributed by atoms with Crippen molar-refractivity contribution in [1.29, 1.82) is 0 Å². The molecule has 10 nitrogen and oxygen atoms in total. The van der Waals surface area contributed by atoms with E-state index in [2.05, 4.69) is 4.40 Å². The van der Waals surface area contributed by atoms with Crippen LogP contribution >= 0.6 is 0 Å². The lowest BCUT2D eigenvalue weighted by Crippen LogP contribution is -2.30. The molecule has 0 amide bonds. The number of carbonyl (C=O) groups excluding carboxylic acids is 1. The molecule has 0 radical (unpaired) electrons. The molecule has 216 valence electrons. The minimum atomic E-state index is -3.85. The molecule has 0 aliphatic carbocycles. The van der Waals surface area contributed by atoms with E-state index in [4.69, 9.17) is 23.7 Å². The first-order valence-electron chi connectivity index (χ1n) is 12.7. The van der Waals surface area contributed by atoms with Gasteiger partial charge in [0.15, 0.2) is 17.3 Å². The number of sulfonamides is 1. The molecule has 1 aliphatic rings. The summed E-state index contributed by atoms with van der Waals surface area (Å²) in [5.74, 6) is 1.65. The number of methoxy groups -OCH3 is 4. The zero-order chi connectivity index (χ0) is 29.9. The summed E-state index contributed by atoms with van der Waals surface area (Å²) >= 11 is 0. The van der Waals surface area contributed by atoms with Crippen molar-refractivity contribution in [3.63, 3.8) is 0 Å². The van der Waals surface area contributed by atoms with E-state index >= 15 is 0 Å². The number of nitrogens with zero attached hydrogens (tertiary/aromatic N) is 2. The highest BCUT2D eigenvalue weighted by atomic mass is 32.2. The van der Waals surface area contributed by atoms with Crippen LogP contribution < -0.4 is 28.6 Å². The van der Waals surface area contributed by atoms with E-state index in [0.29, 0.717) is 46.6 Å². The van der Waals surface area contributed by atoms with Gasteiger partial charge >= 0.3 is 5.97 Å². The Bertz CT molecular complexity index is 1730. The van der Waals surface area contributed by atoms with Gasteiger partial charge in [0.25, 0.3) is 10.0 Å². The number of hydrogen-bond donors (Lipinski definition) is 0. The van der Waals surface area contributed by atoms with Crippen LogP contribution in [0.4, 0.5) is 5.69 Å². The van der Waals surface area contributed by atoms with Crippen molar-refractivity contribution < 1.29 is 36.9 Å². The number of carbonyl (C=O) groups is 1. The molecule has 0 saturated heterocycles. The Morgan fingerprint density at radius 1 is 0.762 bits per heavy atom. The predicted molar refractivity (Wildman–Crippen MR) is 157 cm³/mol. The van der Waals surface area contributed by atoms with Crippen LogP contribution in [0.5, 0.6) is 28.7 Å². The first-order valence-corrected chi connectivity index (χ1v) is 14.2. The minimum Gasteiger partial charge on any atom is -0.497 e. The van der Waals surface area contributed by atoms with Crippen molar-refractivity contribution in [3.8, 4) is 28.7 Å². The maximum Gasteiger partial charge on any atom is 0.343 e. The van der Waals surface area contributed by atoms with Crippen LogP contribution in [0.1, 0.15) is 21.5 Å². The summed E-state index contributed by atoms with van der Waals surface area (Å²) in [5, 5.41) is 0. The van der Waals surface area contributed by atoms with Crippen LogP contribution in [-0.4, -0.2) is 48.7 Å². The minimum absolute atomic E-state index is 0.149. The van der Waals surface area contributed by atoms with Crippen LogP contribution in [0, 0.1) is 0 Å². The summed E-state index contributed by atoms with van der Waals surface area (Å²) in [6, 6.07) is 23.9. The zero-order valence-corrected chi connectivity index (χ0v) is 24.2. The van der Waals surface area contributed by atoms with E-state index in [1.54, 1.807) is 60.5 Å². The number of ether oxygens (including phenoxy) is 5. The molecule has 0 fully saturated rings. The Hall–Kier alpha value is -5.03. The van der Waals surface area contributed by atoms with Crippen molar-refractivity contribution in [2.24, 2.45) is 4.40 Å². The quantitative estimate of drug-likeness (QED) is 0.195. The van der Waals surface area contributed by atoms with Gasteiger partial charge in [-0.05, 0) is 66.2 Å². The number of rotatable bonds is 9. The first kappa shape index (κ1) is 28.5. The van der Waals surface area contributed by atoms with Gasteiger partial charge in [-0.25, -0.2) is 4.79 Å². The zero-order valence-electron chi connectivity index (χ0n) is 23.4. The molecule has 0 unspecified atom stereocenters. The molecule has 0 spiro atoms. The number of hydrogen-bond acceptors (Lipinski definition) is 9. The van der Waals surface area contributed by atoms with Gasteiger partial charge in [0, 0.05) is 17.8 Å². The van der Waals surface area contributed by atoms with Crippen LogP contribution in [0.3, 0.4) is 0 Å². The number of fused-ring (bicyclic) bond motifs is 1. The third kappa shape index (κ3) is 5.59. The molecule has 5 rings (SSSR count). The number of benzene rings is 4. The second-order valence-corrected chi connectivity index (χ2v) is 10.7. The molecule has 4 aromatic rings. The standard InChI is InChI=1S/C31H28N2O8S/c1-37-23-13-9-20(10-14-23)19-33(30-25-7-5-6-8-28(25)42(35,36)32-30)22-11-15-24(16-12-22)41-31(34)21-17-26(38-2)29(40-4)27(18-21)39-3/h5-18H,19H2,1-4H3. The fourth-order valence-corrected chi connectivity index (χ4v) is 5.75. The van der Waals surface area contributed by atoms with E-state index in [-0.39, 0.29) is 16.2 Å². The smallest absolute Gasteiger partial charge is 0.343 e. The van der Waals surface area contributed by atoms with Crippen molar-refractivity contribution in [3.05, 3.63) is 102 Å². The largest absolute Gasteiger partial charge is 0.497 e. The lowest BCUT2D eigenvalue weighted by atomic mass is 10.1. The van der Waals surface area contributed by atoms with Crippen molar-refractivity contribution >= 4 is 27.5 Å². The Kier molecular flexibility index (Phi) is 8.03. The van der Waals surface area contributed by atoms with Gasteiger partial charge < -0.3 is 28.6 Å². The van der Waals surface area contributed by atoms with Crippen molar-refractivity contribution in [1.82, 2.24) is 0 Å². The average molecular weight is 589 g/mol. The molecule has 0 saturated carbocycles. The average Bonchev–Trinajstić information content (AvgIpc) is 3.29. The molecule has 0 atom stereocenters. The highest BCUT2D eigenvalue weighted by Gasteiger charge is 2.32. The van der Waals surface area contributed by atoms with E-state index in [9.17, 15) is 13.2 Å². The normalized spacial score (nSPS) is 13.0. The van der Waals surface area contributed by atoms with E-state index < -0.39 is 16.0 Å². The maximum absolute atomic E-state index is 13.0. The van der Waals surface area contributed by atoms with E-state index in [1.807, 2.05) is 24.3 Å². The van der Waals surface area contributed by atoms with Gasteiger partial charge in [-0.15, -0.1) is 4.40 Å². The van der Waals surface area contributed by atoms with Crippen molar-refractivity contribution in [2.45, 2.75) is 11.4 Å². The monoisotopic (exact) mass is 588 g/mol. The summed E-state index contributed by atoms with van der Waals surface area (Å²) in [7, 11) is 2.13. The Balaban J connectivity index is 1.46. The molecule has 4 aromatic carbocycles. The summed E-state index contributed by atoms with van der Waals surface area (Å²) in [6.07, 6.45) is 0. The van der Waals surface area contributed by atoms with Gasteiger partial charge in [0.2, 0.25) is 5.75 Å². The van der Waals surface area contributed by atoms with Gasteiger partial charge in [0.1, 0.15) is 16.4 Å². The molecular formula is C31H28N2O8S. The van der Waals surface area contributed by atoms with Crippen LogP contribution in [0.15, 0.2) is 94.2 Å². The molecule has 0 N–H and O–H groups in total. The van der Waals surface area contributed by atoms with E-state index in [1.165, 1.54) is 33.5 Å². The van der Waals surface area contributed by atoms with Crippen LogP contribution in [0.25, 0.3) is 0 Å². The number of amidine groups is 1. The third-order valence-corrected chi connectivity index (χ3v) is 7.95. The van der Waals surface area contributed by atoms with Gasteiger partial charge in [0.05, 0.1) is 34.0 Å².